The van der Waals surface area contributed by atoms with E-state index in [9.17, 15) is 8.78 Å². The van der Waals surface area contributed by atoms with Crippen molar-refractivity contribution in [3.63, 3.8) is 0 Å². The predicted octanol–water partition coefficient (Wildman–Crippen LogP) is 2.93. The summed E-state index contributed by atoms with van der Waals surface area (Å²) in [5.41, 5.74) is 0.753. The molecule has 0 radical (unpaired) electrons. The van der Waals surface area contributed by atoms with Crippen LogP contribution in [0.4, 0.5) is 8.78 Å². The summed E-state index contributed by atoms with van der Waals surface area (Å²) >= 11 is 0. The van der Waals surface area contributed by atoms with E-state index >= 15 is 0 Å². The Balaban J connectivity index is 1.64. The molecule has 1 aromatic carbocycles. The van der Waals surface area contributed by atoms with Gasteiger partial charge in [-0.3, -0.25) is 4.90 Å². The van der Waals surface area contributed by atoms with Gasteiger partial charge in [0.15, 0.2) is 0 Å². The first-order chi connectivity index (χ1) is 9.70. The van der Waals surface area contributed by atoms with Gasteiger partial charge in [-0.05, 0) is 62.4 Å². The first-order valence-electron chi connectivity index (χ1n) is 7.60. The normalized spacial score (nSPS) is 20.6. The second-order valence-corrected chi connectivity index (χ2v) is 6.13. The average Bonchev–Trinajstić information content (AvgIpc) is 3.22. The van der Waals surface area contributed by atoms with Gasteiger partial charge >= 0.3 is 0 Å². The molecule has 0 unspecified atom stereocenters. The van der Waals surface area contributed by atoms with Gasteiger partial charge in [0.2, 0.25) is 0 Å². The number of rotatable bonds is 5. The van der Waals surface area contributed by atoms with Crippen LogP contribution >= 0.6 is 0 Å². The molecule has 0 spiro atoms. The highest BCUT2D eigenvalue weighted by Gasteiger charge is 2.31. The SMILES string of the molecule is Fc1cc(F)cc(CN(CC2CCNCC2)C2CC2)c1. The summed E-state index contributed by atoms with van der Waals surface area (Å²) in [5, 5.41) is 3.38. The van der Waals surface area contributed by atoms with E-state index in [-0.39, 0.29) is 0 Å². The molecular weight excluding hydrogens is 258 g/mol. The molecule has 1 saturated heterocycles. The molecule has 0 amide bonds. The minimum atomic E-state index is -0.474. The molecule has 0 bridgehead atoms. The second kappa shape index (κ2) is 6.19. The van der Waals surface area contributed by atoms with Crippen molar-refractivity contribution in [1.82, 2.24) is 10.2 Å². The summed E-state index contributed by atoms with van der Waals surface area (Å²) in [5.74, 6) is -0.231. The summed E-state index contributed by atoms with van der Waals surface area (Å²) in [6.45, 7) is 3.92. The van der Waals surface area contributed by atoms with Crippen molar-refractivity contribution in [3.8, 4) is 0 Å². The maximum atomic E-state index is 13.3. The van der Waals surface area contributed by atoms with Gasteiger partial charge in [0.1, 0.15) is 11.6 Å². The van der Waals surface area contributed by atoms with Crippen LogP contribution in [-0.2, 0) is 6.54 Å². The van der Waals surface area contributed by atoms with E-state index in [1.807, 2.05) is 0 Å². The number of nitrogens with one attached hydrogen (secondary N) is 1. The third-order valence-corrected chi connectivity index (χ3v) is 4.32. The van der Waals surface area contributed by atoms with Crippen LogP contribution in [0.15, 0.2) is 18.2 Å². The van der Waals surface area contributed by atoms with Crippen LogP contribution in [0.5, 0.6) is 0 Å². The Bertz CT molecular complexity index is 434. The summed E-state index contributed by atoms with van der Waals surface area (Å²) in [7, 11) is 0. The van der Waals surface area contributed by atoms with E-state index in [2.05, 4.69) is 10.2 Å². The largest absolute Gasteiger partial charge is 0.317 e. The van der Waals surface area contributed by atoms with Gasteiger partial charge in [-0.1, -0.05) is 0 Å². The Morgan fingerprint density at radius 1 is 1.00 bits per heavy atom. The van der Waals surface area contributed by atoms with Crippen molar-refractivity contribution < 1.29 is 8.78 Å². The number of piperidine rings is 1. The van der Waals surface area contributed by atoms with Gasteiger partial charge in [0.25, 0.3) is 0 Å². The molecule has 110 valence electrons. The van der Waals surface area contributed by atoms with E-state index in [0.29, 0.717) is 12.6 Å². The zero-order valence-electron chi connectivity index (χ0n) is 11.7. The molecule has 4 heteroatoms. The monoisotopic (exact) mass is 280 g/mol. The van der Waals surface area contributed by atoms with Crippen LogP contribution in [0, 0.1) is 17.6 Å². The molecule has 20 heavy (non-hydrogen) atoms. The quantitative estimate of drug-likeness (QED) is 0.892. The van der Waals surface area contributed by atoms with Crippen molar-refractivity contribution >= 4 is 0 Å². The molecule has 1 aromatic rings. The van der Waals surface area contributed by atoms with Crippen LogP contribution in [0.2, 0.25) is 0 Å². The lowest BCUT2D eigenvalue weighted by atomic mass is 9.97. The Morgan fingerprint density at radius 3 is 2.25 bits per heavy atom. The first kappa shape index (κ1) is 14.0. The Labute approximate surface area is 119 Å². The summed E-state index contributed by atoms with van der Waals surface area (Å²) in [4.78, 5) is 2.42. The van der Waals surface area contributed by atoms with Crippen LogP contribution in [0.1, 0.15) is 31.2 Å². The minimum absolute atomic E-state index is 0.474. The standard InChI is InChI=1S/C16H22F2N2/c17-14-7-13(8-15(18)9-14)11-20(16-1-2-16)10-12-3-5-19-6-4-12/h7-9,12,16,19H,1-6,10-11H2. The summed E-state index contributed by atoms with van der Waals surface area (Å²) < 4.78 is 26.6. The van der Waals surface area contributed by atoms with E-state index in [1.54, 1.807) is 0 Å². The van der Waals surface area contributed by atoms with Gasteiger partial charge < -0.3 is 5.32 Å². The van der Waals surface area contributed by atoms with E-state index in [0.717, 1.165) is 37.2 Å². The maximum absolute atomic E-state index is 13.3. The van der Waals surface area contributed by atoms with Gasteiger partial charge in [-0.25, -0.2) is 8.78 Å². The number of nitrogens with zero attached hydrogens (tertiary/aromatic N) is 1. The second-order valence-electron chi connectivity index (χ2n) is 6.13. The van der Waals surface area contributed by atoms with Gasteiger partial charge in [0, 0.05) is 25.2 Å². The fourth-order valence-corrected chi connectivity index (χ4v) is 3.12. The van der Waals surface area contributed by atoms with Gasteiger partial charge in [-0.15, -0.1) is 0 Å². The maximum Gasteiger partial charge on any atom is 0.126 e. The van der Waals surface area contributed by atoms with Gasteiger partial charge in [0.05, 0.1) is 0 Å². The molecule has 0 aromatic heterocycles. The van der Waals surface area contributed by atoms with Crippen LogP contribution in [0.3, 0.4) is 0 Å². The summed E-state index contributed by atoms with van der Waals surface area (Å²) in [6.07, 6.45) is 4.87. The lowest BCUT2D eigenvalue weighted by Crippen LogP contribution is -2.37. The average molecular weight is 280 g/mol. The highest BCUT2D eigenvalue weighted by atomic mass is 19.1. The molecule has 1 saturated carbocycles. The molecule has 1 heterocycles. The van der Waals surface area contributed by atoms with E-state index in [1.165, 1.54) is 37.8 Å². The van der Waals surface area contributed by atoms with Crippen molar-refractivity contribution in [2.45, 2.75) is 38.3 Å². The highest BCUT2D eigenvalue weighted by Crippen LogP contribution is 2.30. The fourth-order valence-electron chi connectivity index (χ4n) is 3.12. The van der Waals surface area contributed by atoms with E-state index in [4.69, 9.17) is 0 Å². The van der Waals surface area contributed by atoms with Crippen molar-refractivity contribution in [2.75, 3.05) is 19.6 Å². The Hall–Kier alpha value is -1.00. The number of hydrogen-bond donors (Lipinski definition) is 1. The third kappa shape index (κ3) is 3.76. The third-order valence-electron chi connectivity index (χ3n) is 4.32. The Morgan fingerprint density at radius 2 is 1.65 bits per heavy atom. The molecule has 2 fully saturated rings. The zero-order chi connectivity index (χ0) is 13.9. The number of halogens is 2. The highest BCUT2D eigenvalue weighted by molar-refractivity contribution is 5.18. The first-order valence-corrected chi connectivity index (χ1v) is 7.60. The lowest BCUT2D eigenvalue weighted by Gasteiger charge is -2.30. The van der Waals surface area contributed by atoms with E-state index < -0.39 is 11.6 Å². The van der Waals surface area contributed by atoms with Crippen molar-refractivity contribution in [3.05, 3.63) is 35.4 Å². The van der Waals surface area contributed by atoms with Crippen LogP contribution in [0.25, 0.3) is 0 Å². The van der Waals surface area contributed by atoms with Crippen LogP contribution < -0.4 is 5.32 Å². The molecule has 1 aliphatic heterocycles. The predicted molar refractivity (Wildman–Crippen MR) is 75.4 cm³/mol. The summed E-state index contributed by atoms with van der Waals surface area (Å²) in [6, 6.07) is 4.48. The molecule has 1 aliphatic carbocycles. The van der Waals surface area contributed by atoms with Crippen molar-refractivity contribution in [2.24, 2.45) is 5.92 Å². The Kier molecular flexibility index (Phi) is 4.32. The molecule has 2 aliphatic rings. The zero-order valence-corrected chi connectivity index (χ0v) is 11.7. The number of hydrogen-bond acceptors (Lipinski definition) is 2. The minimum Gasteiger partial charge on any atom is -0.317 e. The molecule has 2 nitrogen and oxygen atoms in total. The van der Waals surface area contributed by atoms with Crippen LogP contribution in [-0.4, -0.2) is 30.6 Å². The molecule has 1 N–H and O–H groups in total. The lowest BCUT2D eigenvalue weighted by molar-refractivity contribution is 0.190. The fraction of sp³-hybridized carbons (Fsp3) is 0.625. The molecule has 0 atom stereocenters. The smallest absolute Gasteiger partial charge is 0.126 e. The van der Waals surface area contributed by atoms with Crippen molar-refractivity contribution in [1.29, 1.82) is 0 Å². The van der Waals surface area contributed by atoms with Gasteiger partial charge in [-0.2, -0.15) is 0 Å². The topological polar surface area (TPSA) is 15.3 Å². The molecular formula is C16H22F2N2. The molecule has 3 rings (SSSR count). The number of benzene rings is 1.